The second-order valence-corrected chi connectivity index (χ2v) is 6.01. The van der Waals surface area contributed by atoms with Crippen LogP contribution in [-0.4, -0.2) is 17.3 Å². The molecule has 20 heavy (non-hydrogen) atoms. The van der Waals surface area contributed by atoms with Gasteiger partial charge in [0.05, 0.1) is 0 Å². The zero-order chi connectivity index (χ0) is 14.2. The number of hydrogen-bond acceptors (Lipinski definition) is 3. The van der Waals surface area contributed by atoms with Gasteiger partial charge in [-0.05, 0) is 43.7 Å². The number of nitrogens with one attached hydrogen (secondary N) is 1. The minimum Gasteiger partial charge on any atom is -0.309 e. The van der Waals surface area contributed by atoms with E-state index in [2.05, 4.69) is 54.5 Å². The van der Waals surface area contributed by atoms with E-state index in [0.717, 1.165) is 18.7 Å². The lowest BCUT2D eigenvalue weighted by Gasteiger charge is -2.18. The van der Waals surface area contributed by atoms with Gasteiger partial charge in [0.2, 0.25) is 0 Å². The van der Waals surface area contributed by atoms with Crippen LogP contribution in [0.15, 0.2) is 53.7 Å². The quantitative estimate of drug-likeness (QED) is 0.771. The number of aromatic nitrogens is 1. The highest BCUT2D eigenvalue weighted by molar-refractivity contribution is 7.99. The van der Waals surface area contributed by atoms with Crippen molar-refractivity contribution in [3.05, 3.63) is 59.9 Å². The van der Waals surface area contributed by atoms with Gasteiger partial charge in [-0.25, -0.2) is 0 Å². The molecule has 2 nitrogen and oxygen atoms in total. The first-order chi connectivity index (χ1) is 9.79. The minimum absolute atomic E-state index is 0.356. The molecule has 1 N–H and O–H groups in total. The van der Waals surface area contributed by atoms with Crippen LogP contribution in [0.5, 0.6) is 0 Å². The van der Waals surface area contributed by atoms with Crippen molar-refractivity contribution in [3.63, 3.8) is 0 Å². The molecule has 106 valence electrons. The summed E-state index contributed by atoms with van der Waals surface area (Å²) < 4.78 is 0. The summed E-state index contributed by atoms with van der Waals surface area (Å²) in [6.07, 6.45) is 4.93. The molecule has 2 aromatic rings. The van der Waals surface area contributed by atoms with Crippen molar-refractivity contribution < 1.29 is 0 Å². The number of pyridine rings is 1. The van der Waals surface area contributed by atoms with Gasteiger partial charge in [-0.15, -0.1) is 11.8 Å². The van der Waals surface area contributed by atoms with Gasteiger partial charge in [0, 0.05) is 29.1 Å². The van der Waals surface area contributed by atoms with Crippen LogP contribution in [0.3, 0.4) is 0 Å². The third-order valence-electron chi connectivity index (χ3n) is 3.17. The van der Waals surface area contributed by atoms with Crippen molar-refractivity contribution >= 4 is 11.8 Å². The van der Waals surface area contributed by atoms with Crippen LogP contribution in [0.4, 0.5) is 0 Å². The predicted octanol–water partition coefficient (Wildman–Crippen LogP) is 4.22. The first-order valence-corrected chi connectivity index (χ1v) is 8.11. The van der Waals surface area contributed by atoms with Crippen molar-refractivity contribution in [2.45, 2.75) is 31.2 Å². The Morgan fingerprint density at radius 1 is 1.20 bits per heavy atom. The van der Waals surface area contributed by atoms with Gasteiger partial charge in [0.1, 0.15) is 0 Å². The number of benzene rings is 1. The van der Waals surface area contributed by atoms with Crippen molar-refractivity contribution in [2.75, 3.05) is 12.3 Å². The summed E-state index contributed by atoms with van der Waals surface area (Å²) >= 11 is 1.89. The summed E-state index contributed by atoms with van der Waals surface area (Å²) in [5, 5.41) is 3.61. The number of hydrogen-bond donors (Lipinski definition) is 1. The third kappa shape index (κ3) is 4.66. The molecule has 0 aliphatic rings. The maximum Gasteiger partial charge on any atom is 0.0430 e. The lowest BCUT2D eigenvalue weighted by molar-refractivity contribution is 0.576. The van der Waals surface area contributed by atoms with E-state index in [9.17, 15) is 0 Å². The normalized spacial score (nSPS) is 12.3. The average molecular weight is 286 g/mol. The Kier molecular flexibility index (Phi) is 6.09. The van der Waals surface area contributed by atoms with E-state index in [0.29, 0.717) is 6.04 Å². The molecular formula is C17H22N2S. The molecule has 0 fully saturated rings. The fraction of sp³-hybridized carbons (Fsp3) is 0.353. The minimum atomic E-state index is 0.356. The maximum absolute atomic E-state index is 4.23. The highest BCUT2D eigenvalue weighted by Gasteiger charge is 2.11. The Labute approximate surface area is 126 Å². The van der Waals surface area contributed by atoms with E-state index in [1.54, 1.807) is 0 Å². The molecular weight excluding hydrogens is 264 g/mol. The van der Waals surface area contributed by atoms with E-state index in [-0.39, 0.29) is 0 Å². The summed E-state index contributed by atoms with van der Waals surface area (Å²) in [5.41, 5.74) is 2.57. The molecule has 1 heterocycles. The summed E-state index contributed by atoms with van der Waals surface area (Å²) in [6.45, 7) is 5.35. The fourth-order valence-corrected chi connectivity index (χ4v) is 2.99. The Morgan fingerprint density at radius 2 is 2.00 bits per heavy atom. The van der Waals surface area contributed by atoms with E-state index in [1.807, 2.05) is 30.2 Å². The number of aryl methyl sites for hydroxylation is 1. The molecule has 2 rings (SSSR count). The van der Waals surface area contributed by atoms with Gasteiger partial charge in [0.15, 0.2) is 0 Å². The predicted molar refractivity (Wildman–Crippen MR) is 87.2 cm³/mol. The Morgan fingerprint density at radius 3 is 2.65 bits per heavy atom. The van der Waals surface area contributed by atoms with Gasteiger partial charge < -0.3 is 5.32 Å². The lowest BCUT2D eigenvalue weighted by atomic mass is 10.1. The molecule has 0 aliphatic carbocycles. The van der Waals surface area contributed by atoms with Gasteiger partial charge in [-0.2, -0.15) is 0 Å². The molecule has 0 bridgehead atoms. The Hall–Kier alpha value is -1.32. The monoisotopic (exact) mass is 286 g/mol. The summed E-state index contributed by atoms with van der Waals surface area (Å²) in [6, 6.07) is 13.2. The maximum atomic E-state index is 4.23. The molecule has 1 atom stereocenters. The Balaban J connectivity index is 1.99. The number of rotatable bonds is 7. The van der Waals surface area contributed by atoms with Gasteiger partial charge in [0.25, 0.3) is 0 Å². The van der Waals surface area contributed by atoms with Crippen molar-refractivity contribution in [1.82, 2.24) is 10.3 Å². The molecule has 0 spiro atoms. The summed E-state index contributed by atoms with van der Waals surface area (Å²) in [7, 11) is 0. The van der Waals surface area contributed by atoms with Crippen LogP contribution in [0.1, 0.15) is 30.5 Å². The highest BCUT2D eigenvalue weighted by atomic mass is 32.2. The molecule has 0 saturated heterocycles. The van der Waals surface area contributed by atoms with Crippen molar-refractivity contribution in [3.8, 4) is 0 Å². The molecule has 0 aliphatic heterocycles. The first-order valence-electron chi connectivity index (χ1n) is 7.12. The molecule has 1 unspecified atom stereocenters. The standard InChI is InChI=1S/C17H22N2S/c1-3-10-19-17(15-5-4-11-18-12-15)13-20-16-8-6-14(2)7-9-16/h4-9,11-12,17,19H,3,10,13H2,1-2H3. The topological polar surface area (TPSA) is 24.9 Å². The summed E-state index contributed by atoms with van der Waals surface area (Å²) in [5.74, 6) is 1.02. The van der Waals surface area contributed by atoms with E-state index < -0.39 is 0 Å². The number of nitrogens with zero attached hydrogens (tertiary/aromatic N) is 1. The third-order valence-corrected chi connectivity index (χ3v) is 4.27. The highest BCUT2D eigenvalue weighted by Crippen LogP contribution is 2.24. The van der Waals surface area contributed by atoms with Gasteiger partial charge in [-0.1, -0.05) is 30.7 Å². The first kappa shape index (κ1) is 15.1. The van der Waals surface area contributed by atoms with Crippen LogP contribution in [0.25, 0.3) is 0 Å². The van der Waals surface area contributed by atoms with Crippen molar-refractivity contribution in [1.29, 1.82) is 0 Å². The lowest BCUT2D eigenvalue weighted by Crippen LogP contribution is -2.24. The molecule has 0 saturated carbocycles. The zero-order valence-corrected chi connectivity index (χ0v) is 13.0. The fourth-order valence-electron chi connectivity index (χ4n) is 1.99. The second-order valence-electron chi connectivity index (χ2n) is 4.92. The zero-order valence-electron chi connectivity index (χ0n) is 12.2. The van der Waals surface area contributed by atoms with E-state index in [4.69, 9.17) is 0 Å². The van der Waals surface area contributed by atoms with Crippen molar-refractivity contribution in [2.24, 2.45) is 0 Å². The molecule has 1 aromatic heterocycles. The van der Waals surface area contributed by atoms with Crippen LogP contribution < -0.4 is 5.32 Å². The van der Waals surface area contributed by atoms with Gasteiger partial charge in [-0.3, -0.25) is 4.98 Å². The Bertz CT molecular complexity index is 496. The van der Waals surface area contributed by atoms with Crippen LogP contribution in [0, 0.1) is 6.92 Å². The van der Waals surface area contributed by atoms with Crippen LogP contribution in [-0.2, 0) is 0 Å². The molecule has 0 radical (unpaired) electrons. The molecule has 0 amide bonds. The molecule has 3 heteroatoms. The SMILES string of the molecule is CCCNC(CSc1ccc(C)cc1)c1cccnc1. The molecule has 1 aromatic carbocycles. The number of thioether (sulfide) groups is 1. The largest absolute Gasteiger partial charge is 0.309 e. The van der Waals surface area contributed by atoms with Crippen LogP contribution >= 0.6 is 11.8 Å². The smallest absolute Gasteiger partial charge is 0.0430 e. The van der Waals surface area contributed by atoms with Gasteiger partial charge >= 0.3 is 0 Å². The van der Waals surface area contributed by atoms with E-state index >= 15 is 0 Å². The average Bonchev–Trinajstić information content (AvgIpc) is 2.50. The van der Waals surface area contributed by atoms with E-state index in [1.165, 1.54) is 16.0 Å². The summed E-state index contributed by atoms with van der Waals surface area (Å²) in [4.78, 5) is 5.55. The second kappa shape index (κ2) is 8.08. The van der Waals surface area contributed by atoms with Crippen LogP contribution in [0.2, 0.25) is 0 Å².